The number of carbonyl (C=O) groups is 1. The lowest BCUT2D eigenvalue weighted by molar-refractivity contribution is -0.120. The molecule has 0 atom stereocenters. The second kappa shape index (κ2) is 9.90. The van der Waals surface area contributed by atoms with E-state index in [0.717, 1.165) is 19.3 Å². The van der Waals surface area contributed by atoms with Crippen molar-refractivity contribution in [2.24, 2.45) is 0 Å². The molecule has 0 aromatic heterocycles. The van der Waals surface area contributed by atoms with E-state index in [-0.39, 0.29) is 28.7 Å². The largest absolute Gasteiger partial charge is 0.352 e. The number of amides is 1. The lowest BCUT2D eigenvalue weighted by Crippen LogP contribution is -2.35. The second-order valence-corrected chi connectivity index (χ2v) is 11.2. The highest BCUT2D eigenvalue weighted by Gasteiger charge is 2.25. The summed E-state index contributed by atoms with van der Waals surface area (Å²) in [6.45, 7) is 1.28. The number of nitrogens with zero attached hydrogens (tertiary/aromatic N) is 1. The van der Waals surface area contributed by atoms with Crippen molar-refractivity contribution in [1.29, 1.82) is 0 Å². The van der Waals surface area contributed by atoms with Crippen LogP contribution >= 0.6 is 0 Å². The van der Waals surface area contributed by atoms with Crippen molar-refractivity contribution in [2.75, 3.05) is 20.1 Å². The quantitative estimate of drug-likeness (QED) is 0.615. The Morgan fingerprint density at radius 3 is 2.23 bits per heavy atom. The molecule has 1 aliphatic rings. The fourth-order valence-corrected chi connectivity index (χ4v) is 5.74. The van der Waals surface area contributed by atoms with Crippen LogP contribution in [0.3, 0.4) is 0 Å². The van der Waals surface area contributed by atoms with E-state index in [4.69, 9.17) is 0 Å². The van der Waals surface area contributed by atoms with Crippen molar-refractivity contribution >= 4 is 26.0 Å². The molecule has 2 aromatic rings. The van der Waals surface area contributed by atoms with Gasteiger partial charge in [0.2, 0.25) is 26.0 Å². The summed E-state index contributed by atoms with van der Waals surface area (Å²) in [5.74, 6) is -0.242. The average Bonchev–Trinajstić information content (AvgIpc) is 2.79. The molecule has 0 radical (unpaired) electrons. The first-order chi connectivity index (χ1) is 14.7. The molecule has 0 unspecified atom stereocenters. The number of rotatable bonds is 8. The molecule has 1 heterocycles. The molecule has 2 aromatic carbocycles. The van der Waals surface area contributed by atoms with Crippen LogP contribution in [-0.2, 0) is 37.8 Å². The Balaban J connectivity index is 1.58. The third kappa shape index (κ3) is 5.91. The van der Waals surface area contributed by atoms with Gasteiger partial charge in [-0.1, -0.05) is 30.7 Å². The summed E-state index contributed by atoms with van der Waals surface area (Å²) in [6.07, 6.45) is 2.90. The molecule has 0 bridgehead atoms. The predicted molar refractivity (Wildman–Crippen MR) is 117 cm³/mol. The van der Waals surface area contributed by atoms with Crippen molar-refractivity contribution in [3.8, 4) is 0 Å². The molecule has 0 spiro atoms. The minimum absolute atomic E-state index is 0.0958. The second-order valence-electron chi connectivity index (χ2n) is 7.42. The summed E-state index contributed by atoms with van der Waals surface area (Å²) < 4.78 is 52.9. The van der Waals surface area contributed by atoms with Crippen LogP contribution in [-0.4, -0.2) is 47.2 Å². The summed E-state index contributed by atoms with van der Waals surface area (Å²) in [5, 5.41) is 2.76. The van der Waals surface area contributed by atoms with Crippen LogP contribution in [0, 0.1) is 0 Å². The average molecular weight is 466 g/mol. The molecule has 2 N–H and O–H groups in total. The van der Waals surface area contributed by atoms with E-state index in [0.29, 0.717) is 24.2 Å². The molecule has 8 nitrogen and oxygen atoms in total. The minimum atomic E-state index is -3.55. The van der Waals surface area contributed by atoms with Gasteiger partial charge in [0.1, 0.15) is 0 Å². The number of hydrogen-bond donors (Lipinski definition) is 2. The van der Waals surface area contributed by atoms with Gasteiger partial charge in [-0.2, -0.15) is 4.31 Å². The van der Waals surface area contributed by atoms with Crippen LogP contribution in [0.2, 0.25) is 0 Å². The maximum Gasteiger partial charge on any atom is 0.243 e. The van der Waals surface area contributed by atoms with Gasteiger partial charge in [-0.3, -0.25) is 4.79 Å². The molecule has 168 valence electrons. The van der Waals surface area contributed by atoms with Crippen molar-refractivity contribution in [1.82, 2.24) is 14.3 Å². The fourth-order valence-electron chi connectivity index (χ4n) is 3.42. The van der Waals surface area contributed by atoms with Crippen LogP contribution in [0.4, 0.5) is 0 Å². The number of benzene rings is 2. The van der Waals surface area contributed by atoms with Crippen LogP contribution in [0.5, 0.6) is 0 Å². The van der Waals surface area contributed by atoms with Gasteiger partial charge in [0.15, 0.2) is 0 Å². The predicted octanol–water partition coefficient (Wildman–Crippen LogP) is 1.63. The minimum Gasteiger partial charge on any atom is -0.352 e. The zero-order chi connectivity index (χ0) is 22.5. The first-order valence-electron chi connectivity index (χ1n) is 10.1. The Bertz CT molecular complexity index is 1120. The van der Waals surface area contributed by atoms with E-state index in [1.54, 1.807) is 36.4 Å². The molecule has 0 saturated carbocycles. The van der Waals surface area contributed by atoms with Crippen molar-refractivity contribution in [2.45, 2.75) is 42.0 Å². The van der Waals surface area contributed by atoms with E-state index in [9.17, 15) is 21.6 Å². The molecule has 1 fully saturated rings. The third-order valence-corrected chi connectivity index (χ3v) is 8.53. The van der Waals surface area contributed by atoms with Gasteiger partial charge in [-0.05, 0) is 55.3 Å². The highest BCUT2D eigenvalue weighted by Crippen LogP contribution is 2.21. The zero-order valence-electron chi connectivity index (χ0n) is 17.4. The topological polar surface area (TPSA) is 113 Å². The summed E-state index contributed by atoms with van der Waals surface area (Å²) in [7, 11) is -5.70. The van der Waals surface area contributed by atoms with Gasteiger partial charge in [-0.15, -0.1) is 0 Å². The standard InChI is InChI=1S/C21H27N3O5S2/c1-22-30(26,27)20-7-5-6-18(14-20)16-23-21(25)15-17-8-10-19(11-9-17)31(28,29)24-12-3-2-4-13-24/h5-11,14,22H,2-4,12-13,15-16H2,1H3,(H,23,25). The molecule has 31 heavy (non-hydrogen) atoms. The van der Waals surface area contributed by atoms with Gasteiger partial charge in [0.25, 0.3) is 0 Å². The maximum atomic E-state index is 12.7. The van der Waals surface area contributed by atoms with Crippen molar-refractivity contribution < 1.29 is 21.6 Å². The molecule has 1 aliphatic heterocycles. The summed E-state index contributed by atoms with van der Waals surface area (Å²) in [6, 6.07) is 12.7. The lowest BCUT2D eigenvalue weighted by atomic mass is 10.1. The SMILES string of the molecule is CNS(=O)(=O)c1cccc(CNC(=O)Cc2ccc(S(=O)(=O)N3CCCCC3)cc2)c1. The van der Waals surface area contributed by atoms with Crippen molar-refractivity contribution in [3.05, 3.63) is 59.7 Å². The number of nitrogens with one attached hydrogen (secondary N) is 2. The summed E-state index contributed by atoms with van der Waals surface area (Å²) in [4.78, 5) is 12.7. The van der Waals surface area contributed by atoms with Gasteiger partial charge in [0, 0.05) is 19.6 Å². The van der Waals surface area contributed by atoms with E-state index in [1.165, 1.54) is 23.5 Å². The number of hydrogen-bond acceptors (Lipinski definition) is 5. The van der Waals surface area contributed by atoms with Gasteiger partial charge < -0.3 is 5.32 Å². The number of carbonyl (C=O) groups excluding carboxylic acids is 1. The molecule has 0 aliphatic carbocycles. The Kier molecular flexibility index (Phi) is 7.47. The first kappa shape index (κ1) is 23.4. The fraction of sp³-hybridized carbons (Fsp3) is 0.381. The Hall–Kier alpha value is -2.27. The highest BCUT2D eigenvalue weighted by atomic mass is 32.2. The molecular weight excluding hydrogens is 438 g/mol. The van der Waals surface area contributed by atoms with Gasteiger partial charge >= 0.3 is 0 Å². The van der Waals surface area contributed by atoms with Crippen LogP contribution < -0.4 is 10.0 Å². The molecule has 3 rings (SSSR count). The third-order valence-electron chi connectivity index (χ3n) is 5.21. The van der Waals surface area contributed by atoms with Crippen LogP contribution in [0.15, 0.2) is 58.3 Å². The highest BCUT2D eigenvalue weighted by molar-refractivity contribution is 7.89. The van der Waals surface area contributed by atoms with Crippen molar-refractivity contribution in [3.63, 3.8) is 0 Å². The van der Waals surface area contributed by atoms with E-state index >= 15 is 0 Å². The molecular formula is C21H27N3O5S2. The zero-order valence-corrected chi connectivity index (χ0v) is 19.0. The molecule has 10 heteroatoms. The van der Waals surface area contributed by atoms with E-state index in [1.807, 2.05) is 0 Å². The maximum absolute atomic E-state index is 12.7. The number of piperidine rings is 1. The molecule has 1 saturated heterocycles. The van der Waals surface area contributed by atoms with Crippen LogP contribution in [0.25, 0.3) is 0 Å². The lowest BCUT2D eigenvalue weighted by Gasteiger charge is -2.25. The first-order valence-corrected chi connectivity index (χ1v) is 13.0. The summed E-state index contributed by atoms with van der Waals surface area (Å²) >= 11 is 0. The normalized spacial score (nSPS) is 15.5. The van der Waals surface area contributed by atoms with Crippen LogP contribution in [0.1, 0.15) is 30.4 Å². The Labute approximate surface area is 183 Å². The monoisotopic (exact) mass is 465 g/mol. The van der Waals surface area contributed by atoms with Gasteiger partial charge in [0.05, 0.1) is 16.2 Å². The smallest absolute Gasteiger partial charge is 0.243 e. The van der Waals surface area contributed by atoms with E-state index < -0.39 is 20.0 Å². The number of sulfonamides is 2. The Morgan fingerprint density at radius 1 is 0.903 bits per heavy atom. The molecule has 1 amide bonds. The van der Waals surface area contributed by atoms with Gasteiger partial charge in [-0.25, -0.2) is 21.6 Å². The summed E-state index contributed by atoms with van der Waals surface area (Å²) in [5.41, 5.74) is 1.36. The Morgan fingerprint density at radius 2 is 1.58 bits per heavy atom. The van der Waals surface area contributed by atoms with E-state index in [2.05, 4.69) is 10.0 Å².